The monoisotopic (exact) mass is 402 g/mol. The van der Waals surface area contributed by atoms with Crippen LogP contribution in [0.3, 0.4) is 0 Å². The van der Waals surface area contributed by atoms with Gasteiger partial charge in [-0.15, -0.1) is 0 Å². The fourth-order valence-corrected chi connectivity index (χ4v) is 3.19. The number of carbonyl (C=O) groups is 1. The van der Waals surface area contributed by atoms with Crippen molar-refractivity contribution >= 4 is 23.2 Å². The van der Waals surface area contributed by atoms with Crippen molar-refractivity contribution in [3.05, 3.63) is 72.7 Å². The number of nitrogens with zero attached hydrogens (tertiary/aromatic N) is 3. The average Bonchev–Trinajstić information content (AvgIpc) is 3.20. The molecule has 0 atom stereocenters. The normalized spacial score (nSPS) is 10.7. The zero-order valence-electron chi connectivity index (χ0n) is 16.5. The first-order valence-corrected chi connectivity index (χ1v) is 9.57. The van der Waals surface area contributed by atoms with Gasteiger partial charge in [0, 0.05) is 37.2 Å². The molecule has 0 bridgehead atoms. The Morgan fingerprint density at radius 2 is 1.83 bits per heavy atom. The summed E-state index contributed by atoms with van der Waals surface area (Å²) in [7, 11) is 1.81. The average molecular weight is 402 g/mol. The SMILES string of the molecule is CNc1nccn2c(-c3ccc(NC(=O)NCCc4ccc(O)cc4)cc3)cnc12. The number of benzene rings is 2. The van der Waals surface area contributed by atoms with E-state index in [2.05, 4.69) is 25.9 Å². The number of anilines is 2. The summed E-state index contributed by atoms with van der Waals surface area (Å²) in [6.07, 6.45) is 6.08. The number of fused-ring (bicyclic) bond motifs is 1. The van der Waals surface area contributed by atoms with Gasteiger partial charge in [-0.3, -0.25) is 4.40 Å². The zero-order chi connectivity index (χ0) is 20.9. The van der Waals surface area contributed by atoms with Crippen LogP contribution in [0.25, 0.3) is 16.9 Å². The third-order valence-corrected chi connectivity index (χ3v) is 4.74. The van der Waals surface area contributed by atoms with Gasteiger partial charge in [0.1, 0.15) is 5.75 Å². The summed E-state index contributed by atoms with van der Waals surface area (Å²) in [6.45, 7) is 0.498. The Labute approximate surface area is 173 Å². The number of urea groups is 1. The molecule has 2 aromatic heterocycles. The number of phenolic OH excluding ortho intramolecular Hbond substituents is 1. The van der Waals surface area contributed by atoms with Gasteiger partial charge in [0.15, 0.2) is 11.5 Å². The lowest BCUT2D eigenvalue weighted by atomic mass is 10.1. The first-order chi connectivity index (χ1) is 14.6. The topological polar surface area (TPSA) is 104 Å². The van der Waals surface area contributed by atoms with Gasteiger partial charge in [-0.1, -0.05) is 24.3 Å². The number of phenols is 1. The number of carbonyl (C=O) groups excluding carboxylic acids is 1. The molecule has 2 heterocycles. The van der Waals surface area contributed by atoms with E-state index in [9.17, 15) is 9.90 Å². The van der Waals surface area contributed by atoms with E-state index in [4.69, 9.17) is 0 Å². The van der Waals surface area contributed by atoms with E-state index in [1.165, 1.54) is 0 Å². The van der Waals surface area contributed by atoms with Crippen LogP contribution in [0.15, 0.2) is 67.1 Å². The van der Waals surface area contributed by atoms with E-state index in [0.717, 1.165) is 22.5 Å². The van der Waals surface area contributed by atoms with Crippen LogP contribution in [0.5, 0.6) is 5.75 Å². The molecule has 0 aliphatic carbocycles. The molecule has 4 N–H and O–H groups in total. The number of amides is 2. The first-order valence-electron chi connectivity index (χ1n) is 9.57. The zero-order valence-corrected chi connectivity index (χ0v) is 16.5. The minimum absolute atomic E-state index is 0.232. The molecule has 0 spiro atoms. The summed E-state index contributed by atoms with van der Waals surface area (Å²) >= 11 is 0. The molecule has 4 rings (SSSR count). The van der Waals surface area contributed by atoms with E-state index >= 15 is 0 Å². The number of aromatic nitrogens is 3. The van der Waals surface area contributed by atoms with Crippen LogP contribution in [-0.2, 0) is 6.42 Å². The van der Waals surface area contributed by atoms with E-state index in [1.807, 2.05) is 54.0 Å². The molecular weight excluding hydrogens is 380 g/mol. The number of rotatable bonds is 6. The van der Waals surface area contributed by atoms with E-state index in [1.54, 1.807) is 24.5 Å². The molecular formula is C22H22N6O2. The fourth-order valence-electron chi connectivity index (χ4n) is 3.19. The molecule has 0 unspecified atom stereocenters. The lowest BCUT2D eigenvalue weighted by Crippen LogP contribution is -2.30. The van der Waals surface area contributed by atoms with Crippen molar-refractivity contribution in [1.29, 1.82) is 0 Å². The predicted molar refractivity (Wildman–Crippen MR) is 117 cm³/mol. The highest BCUT2D eigenvalue weighted by Crippen LogP contribution is 2.24. The van der Waals surface area contributed by atoms with E-state index in [0.29, 0.717) is 24.5 Å². The standard InChI is InChI=1S/C22H22N6O2/c1-23-20-21-26-14-19(28(21)13-12-24-20)16-4-6-17(7-5-16)27-22(30)25-11-10-15-2-8-18(29)9-3-15/h2-9,12-14,29H,10-11H2,1H3,(H,23,24)(H2,25,27,30). The van der Waals surface area contributed by atoms with Crippen LogP contribution in [-0.4, -0.2) is 39.1 Å². The second-order valence-corrected chi connectivity index (χ2v) is 6.74. The quantitative estimate of drug-likeness (QED) is 0.395. The molecule has 0 aliphatic heterocycles. The molecule has 0 fully saturated rings. The molecule has 4 aromatic rings. The molecule has 0 saturated carbocycles. The second-order valence-electron chi connectivity index (χ2n) is 6.74. The minimum atomic E-state index is -0.263. The van der Waals surface area contributed by atoms with Crippen LogP contribution in [0.2, 0.25) is 0 Å². The van der Waals surface area contributed by atoms with Crippen molar-refractivity contribution in [2.75, 3.05) is 24.2 Å². The molecule has 2 aromatic carbocycles. The maximum Gasteiger partial charge on any atom is 0.319 e. The van der Waals surface area contributed by atoms with Gasteiger partial charge in [0.25, 0.3) is 0 Å². The van der Waals surface area contributed by atoms with E-state index in [-0.39, 0.29) is 11.8 Å². The number of hydrogen-bond donors (Lipinski definition) is 4. The highest BCUT2D eigenvalue weighted by Gasteiger charge is 2.10. The van der Waals surface area contributed by atoms with E-state index < -0.39 is 0 Å². The maximum atomic E-state index is 12.1. The second kappa shape index (κ2) is 8.52. The van der Waals surface area contributed by atoms with Gasteiger partial charge >= 0.3 is 6.03 Å². The van der Waals surface area contributed by atoms with Crippen LogP contribution in [0.1, 0.15) is 5.56 Å². The highest BCUT2D eigenvalue weighted by atomic mass is 16.3. The van der Waals surface area contributed by atoms with Crippen molar-refractivity contribution < 1.29 is 9.90 Å². The van der Waals surface area contributed by atoms with Crippen molar-refractivity contribution in [2.24, 2.45) is 0 Å². The summed E-state index contributed by atoms with van der Waals surface area (Å²) in [5, 5.41) is 18.0. The van der Waals surface area contributed by atoms with Crippen molar-refractivity contribution in [2.45, 2.75) is 6.42 Å². The summed E-state index contributed by atoms with van der Waals surface area (Å²) in [5.41, 5.74) is 4.42. The Morgan fingerprint density at radius 1 is 1.07 bits per heavy atom. The Morgan fingerprint density at radius 3 is 2.57 bits per heavy atom. The van der Waals surface area contributed by atoms with Gasteiger partial charge in [0.05, 0.1) is 11.9 Å². The number of hydrogen-bond acceptors (Lipinski definition) is 5. The Hall–Kier alpha value is -4.07. The molecule has 0 aliphatic rings. The summed E-state index contributed by atoms with van der Waals surface area (Å²) in [6, 6.07) is 14.3. The number of nitrogens with one attached hydrogen (secondary N) is 3. The maximum absolute atomic E-state index is 12.1. The third kappa shape index (κ3) is 4.17. The largest absolute Gasteiger partial charge is 0.508 e. The lowest BCUT2D eigenvalue weighted by molar-refractivity contribution is 0.252. The van der Waals surface area contributed by atoms with Crippen molar-refractivity contribution in [1.82, 2.24) is 19.7 Å². The van der Waals surface area contributed by atoms with Gasteiger partial charge in [-0.2, -0.15) is 0 Å². The molecule has 152 valence electrons. The summed E-state index contributed by atoms with van der Waals surface area (Å²) < 4.78 is 1.97. The van der Waals surface area contributed by atoms with Crippen LogP contribution in [0.4, 0.5) is 16.3 Å². The van der Waals surface area contributed by atoms with Gasteiger partial charge < -0.3 is 21.1 Å². The molecule has 8 nitrogen and oxygen atoms in total. The predicted octanol–water partition coefficient (Wildman–Crippen LogP) is 3.51. The van der Waals surface area contributed by atoms with Crippen LogP contribution >= 0.6 is 0 Å². The highest BCUT2D eigenvalue weighted by molar-refractivity contribution is 5.89. The van der Waals surface area contributed by atoms with Crippen molar-refractivity contribution in [3.8, 4) is 17.0 Å². The number of aromatic hydroxyl groups is 1. The van der Waals surface area contributed by atoms with Crippen molar-refractivity contribution in [3.63, 3.8) is 0 Å². The number of imidazole rings is 1. The van der Waals surface area contributed by atoms with Crippen LogP contribution in [0, 0.1) is 0 Å². The summed E-state index contributed by atoms with van der Waals surface area (Å²) in [5.74, 6) is 0.946. The van der Waals surface area contributed by atoms with Gasteiger partial charge in [-0.05, 0) is 36.2 Å². The van der Waals surface area contributed by atoms with Gasteiger partial charge in [0.2, 0.25) is 0 Å². The van der Waals surface area contributed by atoms with Crippen LogP contribution < -0.4 is 16.0 Å². The Bertz CT molecular complexity index is 1150. The smallest absolute Gasteiger partial charge is 0.319 e. The fraction of sp³-hybridized carbons (Fsp3) is 0.136. The Kier molecular flexibility index (Phi) is 5.47. The lowest BCUT2D eigenvalue weighted by Gasteiger charge is -2.09. The third-order valence-electron chi connectivity index (χ3n) is 4.74. The summed E-state index contributed by atoms with van der Waals surface area (Å²) in [4.78, 5) is 20.8. The first kappa shape index (κ1) is 19.3. The molecule has 0 radical (unpaired) electrons. The molecule has 2 amide bonds. The molecule has 0 saturated heterocycles. The Balaban J connectivity index is 1.37. The molecule has 30 heavy (non-hydrogen) atoms. The van der Waals surface area contributed by atoms with Gasteiger partial charge in [-0.25, -0.2) is 14.8 Å². The minimum Gasteiger partial charge on any atom is -0.508 e. The molecule has 8 heteroatoms.